The van der Waals surface area contributed by atoms with Crippen LogP contribution in [0.5, 0.6) is 11.5 Å². The van der Waals surface area contributed by atoms with Crippen molar-refractivity contribution in [3.63, 3.8) is 0 Å². The van der Waals surface area contributed by atoms with Gasteiger partial charge < -0.3 is 9.47 Å². The summed E-state index contributed by atoms with van der Waals surface area (Å²) in [6, 6.07) is 18.5. The largest absolute Gasteiger partial charge is 0.457 e. The summed E-state index contributed by atoms with van der Waals surface area (Å²) in [6.45, 7) is 4.02. The zero-order chi connectivity index (χ0) is 22.2. The summed E-state index contributed by atoms with van der Waals surface area (Å²) in [4.78, 5) is 12.9. The molecule has 8 heteroatoms. The van der Waals surface area contributed by atoms with Crippen LogP contribution in [0.1, 0.15) is 31.9 Å². The molecule has 2 aromatic carbocycles. The van der Waals surface area contributed by atoms with E-state index >= 15 is 0 Å². The van der Waals surface area contributed by atoms with Crippen LogP contribution in [0.15, 0.2) is 54.6 Å². The van der Waals surface area contributed by atoms with Crippen LogP contribution in [-0.2, 0) is 9.53 Å². The Balaban J connectivity index is 1.81. The molecule has 0 saturated heterocycles. The molecule has 1 aliphatic rings. The fraction of sp³-hybridized carbons (Fsp3) is 0.364. The number of esters is 1. The molecule has 1 fully saturated rings. The normalized spacial score (nSPS) is 21.8. The number of hydrogen-bond acceptors (Lipinski definition) is 4. The van der Waals surface area contributed by atoms with Crippen molar-refractivity contribution >= 4 is 69.7 Å². The Kier molecular flexibility index (Phi) is 7.08. The van der Waals surface area contributed by atoms with E-state index in [1.807, 2.05) is 44.2 Å². The van der Waals surface area contributed by atoms with Gasteiger partial charge in [-0.2, -0.15) is 5.26 Å². The van der Waals surface area contributed by atoms with Gasteiger partial charge in [-0.25, -0.2) is 0 Å². The topological polar surface area (TPSA) is 59.3 Å². The third-order valence-electron chi connectivity index (χ3n) is 5.37. The maximum atomic E-state index is 13.3. The smallest absolute Gasteiger partial charge is 0.315 e. The number of ether oxygens (including phenoxy) is 2. The van der Waals surface area contributed by atoms with E-state index in [0.29, 0.717) is 23.5 Å². The second kappa shape index (κ2) is 8.93. The van der Waals surface area contributed by atoms with Crippen LogP contribution >= 0.6 is 63.7 Å². The molecule has 2 aromatic rings. The lowest BCUT2D eigenvalue weighted by molar-refractivity contribution is -0.155. The number of carbonyl (C=O) groups is 1. The Morgan fingerprint density at radius 3 is 2.23 bits per heavy atom. The lowest BCUT2D eigenvalue weighted by Crippen LogP contribution is -2.39. The molecule has 3 atom stereocenters. The van der Waals surface area contributed by atoms with E-state index in [4.69, 9.17) is 9.47 Å². The summed E-state index contributed by atoms with van der Waals surface area (Å²) in [7, 11) is 0. The van der Waals surface area contributed by atoms with Crippen molar-refractivity contribution in [2.75, 3.05) is 0 Å². The summed E-state index contributed by atoms with van der Waals surface area (Å²) in [5.41, 5.74) is -0.518. The lowest BCUT2D eigenvalue weighted by atomic mass is 9.93. The molecule has 0 amide bonds. The molecule has 158 valence electrons. The monoisotopic (exact) mass is 661 g/mol. The van der Waals surface area contributed by atoms with Gasteiger partial charge in [-0.3, -0.25) is 4.79 Å². The number of para-hydroxylation sites is 1. The van der Waals surface area contributed by atoms with Gasteiger partial charge in [0.15, 0.2) is 0 Å². The first kappa shape index (κ1) is 23.8. The fourth-order valence-corrected chi connectivity index (χ4v) is 5.70. The van der Waals surface area contributed by atoms with E-state index in [0.717, 1.165) is 0 Å². The quantitative estimate of drug-likeness (QED) is 0.236. The van der Waals surface area contributed by atoms with E-state index in [9.17, 15) is 10.1 Å². The number of benzene rings is 2. The van der Waals surface area contributed by atoms with Crippen molar-refractivity contribution in [2.24, 2.45) is 10.8 Å². The minimum atomic E-state index is -1.04. The van der Waals surface area contributed by atoms with Gasteiger partial charge >= 0.3 is 5.97 Å². The van der Waals surface area contributed by atoms with Crippen molar-refractivity contribution in [3.8, 4) is 17.6 Å². The van der Waals surface area contributed by atoms with Crippen molar-refractivity contribution in [3.05, 3.63) is 60.2 Å². The maximum absolute atomic E-state index is 13.3. The van der Waals surface area contributed by atoms with E-state index in [-0.39, 0.29) is 10.2 Å². The summed E-state index contributed by atoms with van der Waals surface area (Å²) in [6.07, 6.45) is -0.408. The van der Waals surface area contributed by atoms with Crippen LogP contribution in [0.25, 0.3) is 0 Å². The highest BCUT2D eigenvalue weighted by molar-refractivity contribution is 9.40. The van der Waals surface area contributed by atoms with Gasteiger partial charge in [0.2, 0.25) is 6.10 Å². The SMILES string of the molecule is CC1(C)CC1(C(=O)O[C@H](C#N)c1cccc(Oc2ccccc2)c1)C(Br)C(Br)(Br)Br. The Hall–Kier alpha value is -0.880. The second-order valence-corrected chi connectivity index (χ2v) is 15.7. The van der Waals surface area contributed by atoms with Crippen LogP contribution in [0.2, 0.25) is 0 Å². The summed E-state index contributed by atoms with van der Waals surface area (Å²) >= 11 is 14.1. The summed E-state index contributed by atoms with van der Waals surface area (Å²) < 4.78 is 10.9. The average Bonchev–Trinajstić information content (AvgIpc) is 3.29. The molecule has 1 saturated carbocycles. The minimum absolute atomic E-state index is 0.281. The Morgan fingerprint density at radius 2 is 1.70 bits per heavy atom. The molecular weight excluding hydrogens is 646 g/mol. The molecule has 4 nitrogen and oxygen atoms in total. The van der Waals surface area contributed by atoms with Gasteiger partial charge in [0, 0.05) is 5.56 Å². The van der Waals surface area contributed by atoms with Crippen molar-refractivity contribution in [1.29, 1.82) is 5.26 Å². The predicted octanol–water partition coefficient (Wildman–Crippen LogP) is 7.61. The van der Waals surface area contributed by atoms with Gasteiger partial charge in [0.25, 0.3) is 0 Å². The fourth-order valence-electron chi connectivity index (χ4n) is 3.56. The standard InChI is InChI=1S/C22H19Br4NO3/c1-20(2)13-21(20,18(23)22(24,25)26)19(28)30-17(12-27)14-7-6-10-16(11-14)29-15-8-4-3-5-9-15/h3-11,17-18H,13H2,1-2H3/t17-,18?,21?/m1/s1. The molecule has 30 heavy (non-hydrogen) atoms. The van der Waals surface area contributed by atoms with Crippen LogP contribution in [-0.4, -0.2) is 12.9 Å². The second-order valence-electron chi connectivity index (χ2n) is 7.84. The first-order valence-corrected chi connectivity index (χ1v) is 12.4. The number of halogens is 4. The molecule has 0 radical (unpaired) electrons. The van der Waals surface area contributed by atoms with Gasteiger partial charge in [0.05, 0.1) is 10.2 Å². The van der Waals surface area contributed by atoms with E-state index < -0.39 is 19.6 Å². The summed E-state index contributed by atoms with van der Waals surface area (Å²) in [5.74, 6) is 0.831. The van der Waals surface area contributed by atoms with Crippen molar-refractivity contribution in [1.82, 2.24) is 0 Å². The van der Waals surface area contributed by atoms with Gasteiger partial charge in [-0.15, -0.1) is 0 Å². The molecule has 0 N–H and O–H groups in total. The predicted molar refractivity (Wildman–Crippen MR) is 130 cm³/mol. The van der Waals surface area contributed by atoms with Crippen LogP contribution < -0.4 is 4.74 Å². The van der Waals surface area contributed by atoms with Gasteiger partial charge in [-0.1, -0.05) is 108 Å². The van der Waals surface area contributed by atoms with Crippen LogP contribution in [0.3, 0.4) is 0 Å². The number of rotatable bonds is 6. The van der Waals surface area contributed by atoms with Gasteiger partial charge in [-0.05, 0) is 36.1 Å². The molecule has 0 aromatic heterocycles. The first-order chi connectivity index (χ1) is 14.0. The Labute approximate surface area is 209 Å². The number of hydrogen-bond donors (Lipinski definition) is 0. The zero-order valence-electron chi connectivity index (χ0n) is 16.2. The zero-order valence-corrected chi connectivity index (χ0v) is 22.6. The van der Waals surface area contributed by atoms with Crippen molar-refractivity contribution in [2.45, 2.75) is 33.3 Å². The maximum Gasteiger partial charge on any atom is 0.315 e. The molecule has 0 heterocycles. The molecular formula is C22H19Br4NO3. The Morgan fingerprint density at radius 1 is 1.10 bits per heavy atom. The van der Waals surface area contributed by atoms with E-state index in [1.54, 1.807) is 24.3 Å². The number of carbonyl (C=O) groups excluding carboxylic acids is 1. The van der Waals surface area contributed by atoms with E-state index in [2.05, 4.69) is 69.8 Å². The third-order valence-corrected chi connectivity index (χ3v) is 10.1. The third kappa shape index (κ3) is 4.79. The molecule has 3 rings (SSSR count). The average molecular weight is 665 g/mol. The van der Waals surface area contributed by atoms with Crippen molar-refractivity contribution < 1.29 is 14.3 Å². The molecule has 0 aliphatic heterocycles. The highest BCUT2D eigenvalue weighted by Crippen LogP contribution is 2.71. The van der Waals surface area contributed by atoms with Crippen LogP contribution in [0, 0.1) is 22.2 Å². The lowest BCUT2D eigenvalue weighted by Gasteiger charge is -2.30. The summed E-state index contributed by atoms with van der Waals surface area (Å²) in [5, 5.41) is 9.72. The number of nitrogens with zero attached hydrogens (tertiary/aromatic N) is 1. The minimum Gasteiger partial charge on any atom is -0.457 e. The van der Waals surface area contributed by atoms with Crippen LogP contribution in [0.4, 0.5) is 0 Å². The first-order valence-electron chi connectivity index (χ1n) is 9.15. The Bertz CT molecular complexity index is 968. The number of nitriles is 1. The van der Waals surface area contributed by atoms with E-state index in [1.165, 1.54) is 0 Å². The highest BCUT2D eigenvalue weighted by Gasteiger charge is 2.73. The molecule has 0 spiro atoms. The molecule has 1 aliphatic carbocycles. The molecule has 2 unspecified atom stereocenters. The van der Waals surface area contributed by atoms with Gasteiger partial charge in [0.1, 0.15) is 19.7 Å². The highest BCUT2D eigenvalue weighted by atomic mass is 80.0. The molecule has 0 bridgehead atoms. The number of alkyl halides is 4.